The average molecular weight is 236 g/mol. The first-order valence-corrected chi connectivity index (χ1v) is 5.97. The number of hydrogen-bond acceptors (Lipinski definition) is 3. The van der Waals surface area contributed by atoms with Crippen molar-refractivity contribution < 1.29 is 9.90 Å². The van der Waals surface area contributed by atoms with E-state index >= 15 is 0 Å². The largest absolute Gasteiger partial charge is 0.478 e. The van der Waals surface area contributed by atoms with Gasteiger partial charge in [0.15, 0.2) is 0 Å². The van der Waals surface area contributed by atoms with E-state index in [-0.39, 0.29) is 5.56 Å². The predicted molar refractivity (Wildman–Crippen MR) is 68.7 cm³/mol. The third kappa shape index (κ3) is 3.73. The highest BCUT2D eigenvalue weighted by Crippen LogP contribution is 2.17. The SMILES string of the molecule is CCCCCN(C)c1ncc(C(=O)O)cc1C. The smallest absolute Gasteiger partial charge is 0.337 e. The van der Waals surface area contributed by atoms with E-state index in [1.54, 1.807) is 6.07 Å². The summed E-state index contributed by atoms with van der Waals surface area (Å²) in [5.41, 5.74) is 1.15. The van der Waals surface area contributed by atoms with Crippen molar-refractivity contribution in [1.82, 2.24) is 4.98 Å². The van der Waals surface area contributed by atoms with Gasteiger partial charge in [-0.1, -0.05) is 19.8 Å². The molecule has 1 aromatic rings. The van der Waals surface area contributed by atoms with Crippen molar-refractivity contribution >= 4 is 11.8 Å². The quantitative estimate of drug-likeness (QED) is 0.772. The molecular weight excluding hydrogens is 216 g/mol. The van der Waals surface area contributed by atoms with E-state index < -0.39 is 5.97 Å². The maximum absolute atomic E-state index is 10.8. The zero-order chi connectivity index (χ0) is 12.8. The Balaban J connectivity index is 2.74. The van der Waals surface area contributed by atoms with Gasteiger partial charge in [0, 0.05) is 19.8 Å². The van der Waals surface area contributed by atoms with E-state index in [4.69, 9.17) is 5.11 Å². The zero-order valence-electron chi connectivity index (χ0n) is 10.7. The van der Waals surface area contributed by atoms with Crippen molar-refractivity contribution in [1.29, 1.82) is 0 Å². The van der Waals surface area contributed by atoms with E-state index in [0.717, 1.165) is 24.3 Å². The molecule has 0 bridgehead atoms. The van der Waals surface area contributed by atoms with E-state index in [9.17, 15) is 4.79 Å². The maximum atomic E-state index is 10.8. The predicted octanol–water partition coefficient (Wildman–Crippen LogP) is 2.71. The monoisotopic (exact) mass is 236 g/mol. The number of rotatable bonds is 6. The Labute approximate surface area is 102 Å². The summed E-state index contributed by atoms with van der Waals surface area (Å²) in [6.07, 6.45) is 4.95. The molecule has 0 fully saturated rings. The van der Waals surface area contributed by atoms with Gasteiger partial charge in [0.25, 0.3) is 0 Å². The summed E-state index contributed by atoms with van der Waals surface area (Å²) < 4.78 is 0. The average Bonchev–Trinajstić information content (AvgIpc) is 2.28. The lowest BCUT2D eigenvalue weighted by atomic mass is 10.2. The van der Waals surface area contributed by atoms with Gasteiger partial charge in [0.2, 0.25) is 0 Å². The lowest BCUT2D eigenvalue weighted by Gasteiger charge is -2.20. The molecule has 0 unspecified atom stereocenters. The minimum absolute atomic E-state index is 0.244. The molecule has 0 spiro atoms. The van der Waals surface area contributed by atoms with Crippen LogP contribution in [0.1, 0.15) is 42.1 Å². The number of carbonyl (C=O) groups is 1. The van der Waals surface area contributed by atoms with Crippen LogP contribution in [0.5, 0.6) is 0 Å². The molecule has 1 N–H and O–H groups in total. The molecule has 0 aliphatic rings. The topological polar surface area (TPSA) is 53.4 Å². The molecule has 1 rings (SSSR count). The molecule has 0 aromatic carbocycles. The molecule has 0 saturated heterocycles. The Morgan fingerprint density at radius 3 is 2.71 bits per heavy atom. The molecule has 0 aliphatic heterocycles. The van der Waals surface area contributed by atoms with E-state index in [1.165, 1.54) is 19.0 Å². The summed E-state index contributed by atoms with van der Waals surface area (Å²) in [7, 11) is 1.99. The second kappa shape index (κ2) is 6.23. The molecule has 17 heavy (non-hydrogen) atoms. The van der Waals surface area contributed by atoms with Crippen LogP contribution >= 0.6 is 0 Å². The van der Waals surface area contributed by atoms with Crippen LogP contribution < -0.4 is 4.90 Å². The summed E-state index contributed by atoms with van der Waals surface area (Å²) in [6, 6.07) is 1.67. The number of hydrogen-bond donors (Lipinski definition) is 1. The van der Waals surface area contributed by atoms with Crippen LogP contribution in [0.15, 0.2) is 12.3 Å². The van der Waals surface area contributed by atoms with Gasteiger partial charge in [-0.2, -0.15) is 0 Å². The Morgan fingerprint density at radius 1 is 1.47 bits per heavy atom. The number of anilines is 1. The van der Waals surface area contributed by atoms with Crippen molar-refractivity contribution in [3.63, 3.8) is 0 Å². The van der Waals surface area contributed by atoms with Crippen molar-refractivity contribution in [2.24, 2.45) is 0 Å². The highest BCUT2D eigenvalue weighted by atomic mass is 16.4. The number of aryl methyl sites for hydroxylation is 1. The Kier molecular flexibility index (Phi) is 4.94. The van der Waals surface area contributed by atoms with Crippen LogP contribution in [0.3, 0.4) is 0 Å². The molecule has 4 heteroatoms. The van der Waals surface area contributed by atoms with E-state index in [1.807, 2.05) is 14.0 Å². The van der Waals surface area contributed by atoms with Gasteiger partial charge in [-0.15, -0.1) is 0 Å². The fourth-order valence-electron chi connectivity index (χ4n) is 1.79. The van der Waals surface area contributed by atoms with Crippen LogP contribution in [0, 0.1) is 6.92 Å². The molecule has 1 aromatic heterocycles. The van der Waals surface area contributed by atoms with Gasteiger partial charge in [0.1, 0.15) is 5.82 Å². The van der Waals surface area contributed by atoms with Crippen molar-refractivity contribution in [3.05, 3.63) is 23.4 Å². The van der Waals surface area contributed by atoms with Gasteiger partial charge in [-0.05, 0) is 25.0 Å². The molecular formula is C13H20N2O2. The lowest BCUT2D eigenvalue weighted by Crippen LogP contribution is -2.21. The second-order valence-corrected chi connectivity index (χ2v) is 4.30. The molecule has 0 atom stereocenters. The fourth-order valence-corrected chi connectivity index (χ4v) is 1.79. The number of pyridine rings is 1. The third-order valence-electron chi connectivity index (χ3n) is 2.76. The standard InChI is InChI=1S/C13H20N2O2/c1-4-5-6-7-15(3)12-10(2)8-11(9-14-12)13(16)17/h8-9H,4-7H2,1-3H3,(H,16,17). The zero-order valence-corrected chi connectivity index (χ0v) is 10.7. The number of aromatic carboxylic acids is 1. The Bertz CT molecular complexity index is 391. The summed E-state index contributed by atoms with van der Waals surface area (Å²) >= 11 is 0. The van der Waals surface area contributed by atoms with Gasteiger partial charge in [-0.25, -0.2) is 9.78 Å². The van der Waals surface area contributed by atoms with Gasteiger partial charge in [-0.3, -0.25) is 0 Å². The summed E-state index contributed by atoms with van der Waals surface area (Å²) in [4.78, 5) is 17.1. The Morgan fingerprint density at radius 2 is 2.18 bits per heavy atom. The lowest BCUT2D eigenvalue weighted by molar-refractivity contribution is 0.0696. The summed E-state index contributed by atoms with van der Waals surface area (Å²) in [6.45, 7) is 5.02. The van der Waals surface area contributed by atoms with Crippen LogP contribution in [-0.2, 0) is 0 Å². The molecule has 94 valence electrons. The van der Waals surface area contributed by atoms with Gasteiger partial charge in [0.05, 0.1) is 5.56 Å². The third-order valence-corrected chi connectivity index (χ3v) is 2.76. The second-order valence-electron chi connectivity index (χ2n) is 4.30. The van der Waals surface area contributed by atoms with Crippen molar-refractivity contribution in [3.8, 4) is 0 Å². The normalized spacial score (nSPS) is 10.3. The van der Waals surface area contributed by atoms with Crippen molar-refractivity contribution in [2.75, 3.05) is 18.5 Å². The first-order chi connectivity index (χ1) is 8.06. The van der Waals surface area contributed by atoms with Gasteiger partial charge < -0.3 is 10.0 Å². The van der Waals surface area contributed by atoms with E-state index in [2.05, 4.69) is 16.8 Å². The molecule has 0 amide bonds. The van der Waals surface area contributed by atoms with E-state index in [0.29, 0.717) is 0 Å². The summed E-state index contributed by atoms with van der Waals surface area (Å²) in [5, 5.41) is 8.86. The highest BCUT2D eigenvalue weighted by Gasteiger charge is 2.09. The van der Waals surface area contributed by atoms with Crippen LogP contribution in [0.2, 0.25) is 0 Å². The number of unbranched alkanes of at least 4 members (excludes halogenated alkanes) is 2. The fraction of sp³-hybridized carbons (Fsp3) is 0.538. The molecule has 1 heterocycles. The minimum Gasteiger partial charge on any atom is -0.478 e. The van der Waals surface area contributed by atoms with Crippen molar-refractivity contribution in [2.45, 2.75) is 33.1 Å². The minimum atomic E-state index is -0.930. The number of nitrogens with zero attached hydrogens (tertiary/aromatic N) is 2. The molecule has 0 radical (unpaired) electrons. The molecule has 0 saturated carbocycles. The first-order valence-electron chi connectivity index (χ1n) is 5.97. The van der Waals surface area contributed by atoms with Crippen LogP contribution in [0.4, 0.5) is 5.82 Å². The van der Waals surface area contributed by atoms with Gasteiger partial charge >= 0.3 is 5.97 Å². The Hall–Kier alpha value is -1.58. The number of carboxylic acids is 1. The molecule has 0 aliphatic carbocycles. The van der Waals surface area contributed by atoms with Crippen LogP contribution in [0.25, 0.3) is 0 Å². The highest BCUT2D eigenvalue weighted by molar-refractivity contribution is 5.87. The number of carboxylic acid groups (broad SMARTS) is 1. The maximum Gasteiger partial charge on any atom is 0.337 e. The van der Waals surface area contributed by atoms with Crippen LogP contribution in [-0.4, -0.2) is 29.7 Å². The number of aromatic nitrogens is 1. The first kappa shape index (κ1) is 13.5. The molecule has 4 nitrogen and oxygen atoms in total. The summed E-state index contributed by atoms with van der Waals surface area (Å²) in [5.74, 6) is -0.0631.